The molecule has 210 valence electrons. The molecule has 5 aromatic rings. The van der Waals surface area contributed by atoms with Crippen molar-refractivity contribution in [1.82, 2.24) is 9.80 Å². The van der Waals surface area contributed by atoms with Crippen molar-refractivity contribution in [3.63, 3.8) is 0 Å². The van der Waals surface area contributed by atoms with E-state index in [0.29, 0.717) is 18.7 Å². The van der Waals surface area contributed by atoms with E-state index in [1.54, 1.807) is 0 Å². The molecule has 0 aliphatic carbocycles. The summed E-state index contributed by atoms with van der Waals surface area (Å²) in [6.07, 6.45) is 0. The van der Waals surface area contributed by atoms with Crippen LogP contribution in [-0.2, 0) is 30.0 Å². The Bertz CT molecular complexity index is 1830. The van der Waals surface area contributed by atoms with Crippen LogP contribution in [0.5, 0.6) is 0 Å². The van der Waals surface area contributed by atoms with E-state index in [1.807, 2.05) is 114 Å². The monoisotopic (exact) mass is 562 g/mol. The molecule has 6 nitrogen and oxygen atoms in total. The van der Waals surface area contributed by atoms with Gasteiger partial charge in [-0.05, 0) is 51.1 Å². The zero-order valence-electron chi connectivity index (χ0n) is 23.6. The van der Waals surface area contributed by atoms with E-state index in [1.165, 1.54) is 16.0 Å². The highest BCUT2D eigenvalue weighted by Crippen LogP contribution is 2.40. The Morgan fingerprint density at radius 2 is 1.28 bits per heavy atom. The van der Waals surface area contributed by atoms with Crippen LogP contribution in [-0.4, -0.2) is 27.6 Å². The number of fused-ring (bicyclic) bond motifs is 1. The third-order valence-corrected chi connectivity index (χ3v) is 8.36. The Kier molecular flexibility index (Phi) is 6.59. The maximum Gasteiger partial charge on any atom is 0.266 e. The fraction of sp³-hybridized carbons (Fsp3) is 0.108. The van der Waals surface area contributed by atoms with Gasteiger partial charge in [0.25, 0.3) is 11.8 Å². The summed E-state index contributed by atoms with van der Waals surface area (Å²) in [6.45, 7) is 1.38. The smallest absolute Gasteiger partial charge is 0.266 e. The predicted molar refractivity (Wildman–Crippen MR) is 168 cm³/mol. The Labute approximate surface area is 250 Å². The highest BCUT2D eigenvalue weighted by molar-refractivity contribution is 6.09. The van der Waals surface area contributed by atoms with Crippen LogP contribution < -0.4 is 5.73 Å². The molecule has 5 aromatic carbocycles. The van der Waals surface area contributed by atoms with E-state index >= 15 is 0 Å². The summed E-state index contributed by atoms with van der Waals surface area (Å²) >= 11 is 0. The molecule has 0 bridgehead atoms. The van der Waals surface area contributed by atoms with Gasteiger partial charge in [0.05, 0.1) is 6.54 Å². The molecule has 1 atom stereocenters. The van der Waals surface area contributed by atoms with Crippen molar-refractivity contribution < 1.29 is 9.59 Å². The first kappa shape index (κ1) is 26.4. The van der Waals surface area contributed by atoms with Crippen molar-refractivity contribution in [3.05, 3.63) is 167 Å². The molecular formula is C37H30N4O2. The lowest BCUT2D eigenvalue weighted by atomic mass is 9.82. The molecule has 0 aromatic heterocycles. The molecule has 7 rings (SSSR count). The van der Waals surface area contributed by atoms with Gasteiger partial charge in [0.15, 0.2) is 11.5 Å². The van der Waals surface area contributed by atoms with Crippen molar-refractivity contribution >= 4 is 17.8 Å². The van der Waals surface area contributed by atoms with Crippen LogP contribution in [0.15, 0.2) is 138 Å². The van der Waals surface area contributed by atoms with E-state index in [4.69, 9.17) is 10.7 Å². The molecule has 1 unspecified atom stereocenters. The summed E-state index contributed by atoms with van der Waals surface area (Å²) in [6, 6.07) is 43.2. The topological polar surface area (TPSA) is 79.0 Å². The molecule has 2 heterocycles. The first-order valence-electron chi connectivity index (χ1n) is 14.4. The van der Waals surface area contributed by atoms with Crippen LogP contribution in [0.25, 0.3) is 11.1 Å². The number of carbonyl (C=O) groups excluding carboxylic acids is 2. The molecule has 2 aliphatic heterocycles. The van der Waals surface area contributed by atoms with Crippen LogP contribution >= 0.6 is 0 Å². The lowest BCUT2D eigenvalue weighted by Crippen LogP contribution is -2.43. The SMILES string of the molecule is NC1=NC(c2ccccc2)(c2ccc(-c3ccccc3)cc2)C(=O)N1Cc1cccc(C(=O)N2Cc3ccccc3C2)c1. The molecule has 0 spiro atoms. The first-order valence-corrected chi connectivity index (χ1v) is 14.4. The molecule has 2 amide bonds. The number of guanidine groups is 1. The Hall–Kier alpha value is -5.49. The molecule has 0 saturated carbocycles. The fourth-order valence-electron chi connectivity index (χ4n) is 6.13. The maximum absolute atomic E-state index is 14.4. The second-order valence-corrected chi connectivity index (χ2v) is 11.0. The van der Waals surface area contributed by atoms with Gasteiger partial charge in [-0.3, -0.25) is 14.5 Å². The highest BCUT2D eigenvalue weighted by Gasteiger charge is 2.50. The molecule has 0 saturated heterocycles. The van der Waals surface area contributed by atoms with Crippen LogP contribution in [0.4, 0.5) is 0 Å². The molecular weight excluding hydrogens is 532 g/mol. The Morgan fingerprint density at radius 3 is 1.95 bits per heavy atom. The minimum absolute atomic E-state index is 0.0374. The van der Waals surface area contributed by atoms with Gasteiger partial charge in [0.2, 0.25) is 0 Å². The van der Waals surface area contributed by atoms with Crippen molar-refractivity contribution in [2.45, 2.75) is 25.2 Å². The van der Waals surface area contributed by atoms with E-state index in [2.05, 4.69) is 24.3 Å². The average Bonchev–Trinajstić information content (AvgIpc) is 3.61. The number of nitrogens with two attached hydrogens (primary N) is 1. The summed E-state index contributed by atoms with van der Waals surface area (Å²) in [5.41, 5.74) is 12.6. The van der Waals surface area contributed by atoms with Crippen molar-refractivity contribution in [2.24, 2.45) is 10.7 Å². The Morgan fingerprint density at radius 1 is 0.698 bits per heavy atom. The van der Waals surface area contributed by atoms with Crippen molar-refractivity contribution in [2.75, 3.05) is 0 Å². The summed E-state index contributed by atoms with van der Waals surface area (Å²) in [5.74, 6) is -0.118. The van der Waals surface area contributed by atoms with Crippen molar-refractivity contribution in [3.8, 4) is 11.1 Å². The average molecular weight is 563 g/mol. The van der Waals surface area contributed by atoms with Gasteiger partial charge >= 0.3 is 0 Å². The van der Waals surface area contributed by atoms with Gasteiger partial charge in [-0.2, -0.15) is 0 Å². The second kappa shape index (κ2) is 10.7. The van der Waals surface area contributed by atoms with Gasteiger partial charge in [-0.1, -0.05) is 121 Å². The molecule has 0 fully saturated rings. The fourth-order valence-corrected chi connectivity index (χ4v) is 6.13. The normalized spacial score (nSPS) is 17.6. The maximum atomic E-state index is 14.4. The molecule has 0 radical (unpaired) electrons. The summed E-state index contributed by atoms with van der Waals surface area (Å²) in [4.78, 5) is 36.1. The van der Waals surface area contributed by atoms with E-state index < -0.39 is 5.54 Å². The van der Waals surface area contributed by atoms with Crippen LogP contribution in [0, 0.1) is 0 Å². The summed E-state index contributed by atoms with van der Waals surface area (Å²) in [5, 5.41) is 0. The Balaban J connectivity index is 1.18. The minimum Gasteiger partial charge on any atom is -0.369 e. The number of hydrogen-bond donors (Lipinski definition) is 1. The van der Waals surface area contributed by atoms with Crippen molar-refractivity contribution in [1.29, 1.82) is 0 Å². The van der Waals surface area contributed by atoms with Gasteiger partial charge in [0, 0.05) is 18.7 Å². The third kappa shape index (κ3) is 4.67. The number of amides is 2. The lowest BCUT2D eigenvalue weighted by molar-refractivity contribution is -0.130. The van der Waals surface area contributed by atoms with E-state index in [0.717, 1.165) is 27.8 Å². The lowest BCUT2D eigenvalue weighted by Gasteiger charge is -2.27. The van der Waals surface area contributed by atoms with Gasteiger partial charge in [-0.15, -0.1) is 0 Å². The van der Waals surface area contributed by atoms with E-state index in [-0.39, 0.29) is 24.3 Å². The van der Waals surface area contributed by atoms with Crippen LogP contribution in [0.2, 0.25) is 0 Å². The zero-order chi connectivity index (χ0) is 29.4. The van der Waals surface area contributed by atoms with E-state index in [9.17, 15) is 9.59 Å². The predicted octanol–water partition coefficient (Wildman–Crippen LogP) is 6.11. The first-order chi connectivity index (χ1) is 21.0. The zero-order valence-corrected chi connectivity index (χ0v) is 23.6. The standard InChI is InChI=1S/C37H30N4O2/c38-36-39-37(32-16-5-2-6-17-32,33-20-18-28(19-21-33)27-11-3-1-4-12-27)35(43)41(36)23-26-10-9-15-29(22-26)34(42)40-24-30-13-7-8-14-31(30)25-40/h1-22H,23-25H2,(H2,38,39). The third-order valence-electron chi connectivity index (χ3n) is 8.36. The van der Waals surface area contributed by atoms with Gasteiger partial charge < -0.3 is 10.6 Å². The molecule has 6 heteroatoms. The molecule has 2 N–H and O–H groups in total. The number of hydrogen-bond acceptors (Lipinski definition) is 4. The number of benzene rings is 5. The van der Waals surface area contributed by atoms with Crippen LogP contribution in [0.1, 0.15) is 38.2 Å². The highest BCUT2D eigenvalue weighted by atomic mass is 16.2. The molecule has 43 heavy (non-hydrogen) atoms. The van der Waals surface area contributed by atoms with Gasteiger partial charge in [-0.25, -0.2) is 4.99 Å². The number of rotatable bonds is 6. The summed E-state index contributed by atoms with van der Waals surface area (Å²) < 4.78 is 0. The molecule has 2 aliphatic rings. The number of nitrogens with zero attached hydrogens (tertiary/aromatic N) is 3. The van der Waals surface area contributed by atoms with Crippen LogP contribution in [0.3, 0.4) is 0 Å². The van der Waals surface area contributed by atoms with Gasteiger partial charge in [0.1, 0.15) is 0 Å². The number of carbonyl (C=O) groups is 2. The number of aliphatic imine (C=N–C) groups is 1. The quantitative estimate of drug-likeness (QED) is 0.271. The summed E-state index contributed by atoms with van der Waals surface area (Å²) in [7, 11) is 0. The minimum atomic E-state index is -1.31. The second-order valence-electron chi connectivity index (χ2n) is 11.0. The largest absolute Gasteiger partial charge is 0.369 e.